The van der Waals surface area contributed by atoms with Crippen LogP contribution in [0.4, 0.5) is 0 Å². The highest BCUT2D eigenvalue weighted by Gasteiger charge is 2.18. The van der Waals surface area contributed by atoms with E-state index < -0.39 is 0 Å². The Morgan fingerprint density at radius 2 is 2.06 bits per heavy atom. The van der Waals surface area contributed by atoms with Crippen LogP contribution in [0.5, 0.6) is 0 Å². The van der Waals surface area contributed by atoms with E-state index in [9.17, 15) is 4.79 Å². The summed E-state index contributed by atoms with van der Waals surface area (Å²) in [6, 6.07) is 8.85. The van der Waals surface area contributed by atoms with Gasteiger partial charge in [-0.3, -0.25) is 4.79 Å². The summed E-state index contributed by atoms with van der Waals surface area (Å²) < 4.78 is 5.43. The van der Waals surface area contributed by atoms with Crippen LogP contribution in [-0.4, -0.2) is 19.1 Å². The number of hydrogen-bond acceptors (Lipinski definition) is 4. The van der Waals surface area contributed by atoms with Crippen LogP contribution in [0.15, 0.2) is 24.3 Å². The minimum atomic E-state index is -0.322. The molecule has 0 spiro atoms. The summed E-state index contributed by atoms with van der Waals surface area (Å²) in [6.07, 6.45) is 0.440. The lowest BCUT2D eigenvalue weighted by molar-refractivity contribution is -0.151. The van der Waals surface area contributed by atoms with E-state index in [0.717, 1.165) is 5.56 Å². The number of likely N-dealkylation sites (N-methyl/N-ethyl adjacent to an activating group) is 1. The zero-order valence-electron chi connectivity index (χ0n) is 10.9. The van der Waals surface area contributed by atoms with Crippen LogP contribution in [0, 0.1) is 11.3 Å². The summed E-state index contributed by atoms with van der Waals surface area (Å²) in [5.41, 5.74) is 1.51. The molecule has 0 bridgehead atoms. The normalized spacial score (nSPS) is 13.4. The highest BCUT2D eigenvalue weighted by molar-refractivity contribution is 5.75. The van der Waals surface area contributed by atoms with Crippen molar-refractivity contribution in [1.29, 1.82) is 5.26 Å². The van der Waals surface area contributed by atoms with Crippen molar-refractivity contribution in [2.45, 2.75) is 32.4 Å². The Morgan fingerprint density at radius 1 is 1.44 bits per heavy atom. The molecule has 1 unspecified atom stereocenters. The van der Waals surface area contributed by atoms with Gasteiger partial charge < -0.3 is 10.1 Å². The fourth-order valence-corrected chi connectivity index (χ4v) is 1.52. The van der Waals surface area contributed by atoms with Crippen LogP contribution in [0.3, 0.4) is 0 Å². The number of carbonyl (C=O) groups excluding carboxylic acids is 1. The third-order valence-electron chi connectivity index (χ3n) is 2.83. The predicted octanol–water partition coefficient (Wildman–Crippen LogP) is 2.16. The maximum atomic E-state index is 11.7. The van der Waals surface area contributed by atoms with Gasteiger partial charge in [0.2, 0.25) is 0 Å². The number of ether oxygens (including phenoxy) is 1. The topological polar surface area (TPSA) is 62.1 Å². The SMILES string of the molecule is CCC(OC(=O)[C@H](C)NC)c1ccc(C#N)cc1. The average molecular weight is 246 g/mol. The van der Waals surface area contributed by atoms with Crippen LogP contribution in [0.2, 0.25) is 0 Å². The van der Waals surface area contributed by atoms with Crippen LogP contribution in [-0.2, 0) is 9.53 Å². The van der Waals surface area contributed by atoms with Gasteiger partial charge in [-0.2, -0.15) is 5.26 Å². The van der Waals surface area contributed by atoms with Crippen LogP contribution in [0.1, 0.15) is 37.5 Å². The first-order chi connectivity index (χ1) is 8.62. The molecule has 1 N–H and O–H groups in total. The van der Waals surface area contributed by atoms with Gasteiger partial charge in [0.1, 0.15) is 12.1 Å². The molecule has 4 heteroatoms. The lowest BCUT2D eigenvalue weighted by Crippen LogP contribution is -2.33. The molecule has 0 amide bonds. The summed E-state index contributed by atoms with van der Waals surface area (Å²) in [5, 5.41) is 11.6. The number of rotatable bonds is 5. The van der Waals surface area contributed by atoms with Crippen molar-refractivity contribution in [2.75, 3.05) is 7.05 Å². The van der Waals surface area contributed by atoms with Crippen molar-refractivity contribution in [2.24, 2.45) is 0 Å². The second kappa shape index (κ2) is 6.77. The van der Waals surface area contributed by atoms with Crippen molar-refractivity contribution in [3.05, 3.63) is 35.4 Å². The zero-order valence-corrected chi connectivity index (χ0v) is 10.9. The van der Waals surface area contributed by atoms with Crippen molar-refractivity contribution >= 4 is 5.97 Å². The highest BCUT2D eigenvalue weighted by Crippen LogP contribution is 2.21. The average Bonchev–Trinajstić information content (AvgIpc) is 2.43. The first kappa shape index (κ1) is 14.2. The number of nitriles is 1. The van der Waals surface area contributed by atoms with E-state index in [2.05, 4.69) is 11.4 Å². The Kier molecular flexibility index (Phi) is 5.34. The molecule has 0 fully saturated rings. The van der Waals surface area contributed by atoms with Gasteiger partial charge in [0.05, 0.1) is 11.6 Å². The summed E-state index contributed by atoms with van der Waals surface area (Å²) >= 11 is 0. The number of benzene rings is 1. The van der Waals surface area contributed by atoms with E-state index in [1.54, 1.807) is 26.1 Å². The lowest BCUT2D eigenvalue weighted by atomic mass is 10.1. The summed E-state index contributed by atoms with van der Waals surface area (Å²) in [4.78, 5) is 11.7. The fraction of sp³-hybridized carbons (Fsp3) is 0.429. The second-order valence-corrected chi connectivity index (χ2v) is 4.08. The molecule has 0 aliphatic heterocycles. The van der Waals surface area contributed by atoms with Gasteiger partial charge in [0.15, 0.2) is 0 Å². The van der Waals surface area contributed by atoms with Gasteiger partial charge in [-0.05, 0) is 38.1 Å². The maximum absolute atomic E-state index is 11.7. The third kappa shape index (κ3) is 3.57. The molecule has 96 valence electrons. The fourth-order valence-electron chi connectivity index (χ4n) is 1.52. The Morgan fingerprint density at radius 3 is 2.50 bits per heavy atom. The van der Waals surface area contributed by atoms with Crippen molar-refractivity contribution in [1.82, 2.24) is 5.32 Å². The predicted molar refractivity (Wildman–Crippen MR) is 68.8 cm³/mol. The molecule has 4 nitrogen and oxygen atoms in total. The first-order valence-electron chi connectivity index (χ1n) is 6.00. The summed E-state index contributed by atoms with van der Waals surface area (Å²) in [6.45, 7) is 3.72. The third-order valence-corrected chi connectivity index (χ3v) is 2.83. The van der Waals surface area contributed by atoms with Crippen LogP contribution in [0.25, 0.3) is 0 Å². The van der Waals surface area contributed by atoms with Gasteiger partial charge in [0.25, 0.3) is 0 Å². The highest BCUT2D eigenvalue weighted by atomic mass is 16.5. The van der Waals surface area contributed by atoms with Gasteiger partial charge in [0, 0.05) is 0 Å². The molecule has 1 rings (SSSR count). The molecule has 0 radical (unpaired) electrons. The molecule has 18 heavy (non-hydrogen) atoms. The molecular formula is C14H18N2O2. The van der Waals surface area contributed by atoms with E-state index in [1.807, 2.05) is 19.1 Å². The largest absolute Gasteiger partial charge is 0.456 e. The van der Waals surface area contributed by atoms with E-state index in [-0.39, 0.29) is 18.1 Å². The van der Waals surface area contributed by atoms with Gasteiger partial charge in [-0.25, -0.2) is 0 Å². The van der Waals surface area contributed by atoms with Crippen molar-refractivity contribution in [3.63, 3.8) is 0 Å². The summed E-state index contributed by atoms with van der Waals surface area (Å²) in [7, 11) is 1.72. The summed E-state index contributed by atoms with van der Waals surface area (Å²) in [5.74, 6) is -0.270. The van der Waals surface area contributed by atoms with E-state index in [1.165, 1.54) is 0 Å². The van der Waals surface area contributed by atoms with Crippen molar-refractivity contribution < 1.29 is 9.53 Å². The quantitative estimate of drug-likeness (QED) is 0.809. The Hall–Kier alpha value is -1.86. The molecule has 0 aliphatic rings. The number of esters is 1. The molecule has 0 saturated carbocycles. The molecule has 0 heterocycles. The molecule has 2 atom stereocenters. The smallest absolute Gasteiger partial charge is 0.323 e. The Labute approximate surface area is 108 Å². The van der Waals surface area contributed by atoms with Crippen LogP contribution < -0.4 is 5.32 Å². The molecule has 0 aromatic heterocycles. The monoisotopic (exact) mass is 246 g/mol. The second-order valence-electron chi connectivity index (χ2n) is 4.08. The molecule has 1 aromatic carbocycles. The number of nitrogens with zero attached hydrogens (tertiary/aromatic N) is 1. The van der Waals surface area contributed by atoms with Gasteiger partial charge in [-0.1, -0.05) is 19.1 Å². The van der Waals surface area contributed by atoms with E-state index in [0.29, 0.717) is 12.0 Å². The van der Waals surface area contributed by atoms with Crippen molar-refractivity contribution in [3.8, 4) is 6.07 Å². The van der Waals surface area contributed by atoms with E-state index in [4.69, 9.17) is 10.00 Å². The van der Waals surface area contributed by atoms with Gasteiger partial charge >= 0.3 is 5.97 Å². The molecule has 1 aromatic rings. The number of hydrogen-bond donors (Lipinski definition) is 1. The van der Waals surface area contributed by atoms with E-state index >= 15 is 0 Å². The lowest BCUT2D eigenvalue weighted by Gasteiger charge is -2.19. The van der Waals surface area contributed by atoms with Crippen LogP contribution >= 0.6 is 0 Å². The number of nitrogens with one attached hydrogen (secondary N) is 1. The Balaban J connectivity index is 2.77. The minimum absolute atomic E-state index is 0.263. The molecular weight excluding hydrogens is 228 g/mol. The first-order valence-corrected chi connectivity index (χ1v) is 6.00. The standard InChI is InChI=1S/C14H18N2O2/c1-4-13(18-14(17)10(2)16-3)12-7-5-11(9-15)6-8-12/h5-8,10,13,16H,4H2,1-3H3/t10-,13?/m0/s1. The molecule has 0 saturated heterocycles. The maximum Gasteiger partial charge on any atom is 0.323 e. The molecule has 0 aliphatic carbocycles. The van der Waals surface area contributed by atoms with Gasteiger partial charge in [-0.15, -0.1) is 0 Å². The minimum Gasteiger partial charge on any atom is -0.456 e. The zero-order chi connectivity index (χ0) is 13.5. The Bertz CT molecular complexity index is 434. The number of carbonyl (C=O) groups is 1.